The highest BCUT2D eigenvalue weighted by atomic mass is 32.2. The standard InChI is InChI=1S/C18H18N4O3S2/c23-17(16-15(7-12-26-16)27(24,25)20-8-3-4-9-20)22-11-10-21-14-6-2-1-5-13(14)19-18(21)22/h1-2,5-7,12H,3-4,8-11H2. The summed E-state index contributed by atoms with van der Waals surface area (Å²) in [5.74, 6) is 0.288. The second-order valence-corrected chi connectivity index (χ2v) is 9.56. The maximum Gasteiger partial charge on any atom is 0.272 e. The van der Waals surface area contributed by atoms with Gasteiger partial charge in [0.1, 0.15) is 9.77 Å². The van der Waals surface area contributed by atoms with E-state index in [9.17, 15) is 13.2 Å². The monoisotopic (exact) mass is 402 g/mol. The Morgan fingerprint density at radius 2 is 1.81 bits per heavy atom. The Kier molecular flexibility index (Phi) is 3.85. The molecule has 0 bridgehead atoms. The minimum atomic E-state index is -3.63. The van der Waals surface area contributed by atoms with Crippen molar-refractivity contribution in [1.82, 2.24) is 13.9 Å². The summed E-state index contributed by atoms with van der Waals surface area (Å²) in [4.78, 5) is 19.8. The van der Waals surface area contributed by atoms with Crippen molar-refractivity contribution in [2.45, 2.75) is 24.3 Å². The Morgan fingerprint density at radius 3 is 2.63 bits per heavy atom. The SMILES string of the molecule is O=C(c1sccc1S(=O)(=O)N1CCCC1)N1CCn2c1nc1ccccc12. The average molecular weight is 403 g/mol. The van der Waals surface area contributed by atoms with Gasteiger partial charge in [0.05, 0.1) is 11.0 Å². The minimum Gasteiger partial charge on any atom is -0.308 e. The summed E-state index contributed by atoms with van der Waals surface area (Å²) in [5, 5.41) is 1.68. The van der Waals surface area contributed by atoms with Crippen molar-refractivity contribution in [3.05, 3.63) is 40.6 Å². The van der Waals surface area contributed by atoms with Crippen molar-refractivity contribution >= 4 is 44.2 Å². The molecule has 5 rings (SSSR count). The van der Waals surface area contributed by atoms with Crippen LogP contribution in [0, 0.1) is 0 Å². The number of para-hydroxylation sites is 2. The van der Waals surface area contributed by atoms with E-state index in [1.54, 1.807) is 16.3 Å². The van der Waals surface area contributed by atoms with Gasteiger partial charge < -0.3 is 4.57 Å². The molecular weight excluding hydrogens is 384 g/mol. The number of imidazole rings is 1. The molecule has 0 radical (unpaired) electrons. The summed E-state index contributed by atoms with van der Waals surface area (Å²) in [6.07, 6.45) is 1.73. The Bertz CT molecular complexity index is 1140. The zero-order chi connectivity index (χ0) is 18.6. The molecule has 9 heteroatoms. The van der Waals surface area contributed by atoms with Crippen LogP contribution in [-0.4, -0.2) is 47.8 Å². The molecule has 1 aromatic carbocycles. The lowest BCUT2D eigenvalue weighted by molar-refractivity contribution is 0.0989. The molecule has 1 fully saturated rings. The third-order valence-corrected chi connectivity index (χ3v) is 8.15. The third-order valence-electron chi connectivity index (χ3n) is 5.17. The minimum absolute atomic E-state index is 0.119. The quantitative estimate of drug-likeness (QED) is 0.675. The normalized spacial score (nSPS) is 17.7. The number of amides is 1. The molecule has 1 amide bonds. The number of aromatic nitrogens is 2. The fraction of sp³-hybridized carbons (Fsp3) is 0.333. The summed E-state index contributed by atoms with van der Waals surface area (Å²) in [6, 6.07) is 9.30. The number of hydrogen-bond acceptors (Lipinski definition) is 5. The molecular formula is C18H18N4O3S2. The first kappa shape index (κ1) is 16.9. The number of thiophene rings is 1. The van der Waals surface area contributed by atoms with Crippen LogP contribution in [0.2, 0.25) is 0 Å². The Hall–Kier alpha value is -2.23. The predicted molar refractivity (Wildman–Crippen MR) is 104 cm³/mol. The first-order chi connectivity index (χ1) is 13.1. The number of rotatable bonds is 3. The van der Waals surface area contributed by atoms with Crippen LogP contribution in [0.1, 0.15) is 22.5 Å². The number of anilines is 1. The van der Waals surface area contributed by atoms with Crippen molar-refractivity contribution < 1.29 is 13.2 Å². The van der Waals surface area contributed by atoms with Crippen LogP contribution in [0.3, 0.4) is 0 Å². The summed E-state index contributed by atoms with van der Waals surface area (Å²) in [7, 11) is -3.63. The fourth-order valence-corrected chi connectivity index (χ4v) is 6.69. The first-order valence-corrected chi connectivity index (χ1v) is 11.2. The van der Waals surface area contributed by atoms with Crippen LogP contribution in [0.15, 0.2) is 40.6 Å². The predicted octanol–water partition coefficient (Wildman–Crippen LogP) is 2.54. The molecule has 140 valence electrons. The first-order valence-electron chi connectivity index (χ1n) is 8.92. The van der Waals surface area contributed by atoms with Gasteiger partial charge in [0.2, 0.25) is 16.0 Å². The molecule has 0 saturated carbocycles. The fourth-order valence-electron chi connectivity index (χ4n) is 3.83. The molecule has 7 nitrogen and oxygen atoms in total. The highest BCUT2D eigenvalue weighted by molar-refractivity contribution is 7.89. The molecule has 2 aliphatic heterocycles. The maximum absolute atomic E-state index is 13.2. The largest absolute Gasteiger partial charge is 0.308 e. The van der Waals surface area contributed by atoms with Gasteiger partial charge in [-0.3, -0.25) is 9.69 Å². The summed E-state index contributed by atoms with van der Waals surface area (Å²) < 4.78 is 29.4. The second kappa shape index (κ2) is 6.15. The van der Waals surface area contributed by atoms with Gasteiger partial charge in [0.25, 0.3) is 5.91 Å². The van der Waals surface area contributed by atoms with Gasteiger partial charge in [0.15, 0.2) is 0 Å². The zero-order valence-corrected chi connectivity index (χ0v) is 16.2. The molecule has 2 aliphatic rings. The number of carbonyl (C=O) groups excluding carboxylic acids is 1. The van der Waals surface area contributed by atoms with Gasteiger partial charge in [-0.15, -0.1) is 11.3 Å². The average Bonchev–Trinajstić information content (AvgIpc) is 3.45. The van der Waals surface area contributed by atoms with E-state index in [0.29, 0.717) is 32.1 Å². The van der Waals surface area contributed by atoms with Gasteiger partial charge in [-0.2, -0.15) is 4.31 Å². The summed E-state index contributed by atoms with van der Waals surface area (Å²) >= 11 is 1.18. The van der Waals surface area contributed by atoms with Gasteiger partial charge in [-0.25, -0.2) is 13.4 Å². The molecule has 0 aliphatic carbocycles. The topological polar surface area (TPSA) is 75.5 Å². The van der Waals surface area contributed by atoms with Crippen molar-refractivity contribution in [3.63, 3.8) is 0 Å². The molecule has 2 aromatic heterocycles. The Labute approximate surface area is 160 Å². The van der Waals surface area contributed by atoms with Crippen molar-refractivity contribution in [3.8, 4) is 0 Å². The number of hydrogen-bond donors (Lipinski definition) is 0. The lowest BCUT2D eigenvalue weighted by atomic mass is 10.3. The van der Waals surface area contributed by atoms with Gasteiger partial charge in [-0.1, -0.05) is 12.1 Å². The van der Waals surface area contributed by atoms with E-state index in [-0.39, 0.29) is 15.7 Å². The highest BCUT2D eigenvalue weighted by Crippen LogP contribution is 2.33. The van der Waals surface area contributed by atoms with E-state index in [0.717, 1.165) is 23.9 Å². The van der Waals surface area contributed by atoms with Crippen LogP contribution in [0.25, 0.3) is 11.0 Å². The number of fused-ring (bicyclic) bond motifs is 3. The summed E-state index contributed by atoms with van der Waals surface area (Å²) in [5.41, 5.74) is 1.82. The van der Waals surface area contributed by atoms with Gasteiger partial charge in [-0.05, 0) is 36.4 Å². The van der Waals surface area contributed by atoms with Gasteiger partial charge in [0, 0.05) is 26.2 Å². The number of benzene rings is 1. The molecule has 0 atom stereocenters. The van der Waals surface area contributed by atoms with E-state index in [2.05, 4.69) is 4.98 Å². The Balaban J connectivity index is 1.53. The van der Waals surface area contributed by atoms with Crippen molar-refractivity contribution in [2.75, 3.05) is 24.5 Å². The van der Waals surface area contributed by atoms with Crippen LogP contribution in [0.5, 0.6) is 0 Å². The molecule has 1 saturated heterocycles. The highest BCUT2D eigenvalue weighted by Gasteiger charge is 2.36. The van der Waals surface area contributed by atoms with Crippen LogP contribution >= 0.6 is 11.3 Å². The zero-order valence-electron chi connectivity index (χ0n) is 14.5. The van der Waals surface area contributed by atoms with Crippen LogP contribution < -0.4 is 4.90 Å². The smallest absolute Gasteiger partial charge is 0.272 e. The van der Waals surface area contributed by atoms with E-state index in [1.165, 1.54) is 15.6 Å². The van der Waals surface area contributed by atoms with Crippen molar-refractivity contribution in [1.29, 1.82) is 0 Å². The van der Waals surface area contributed by atoms with Crippen molar-refractivity contribution in [2.24, 2.45) is 0 Å². The van der Waals surface area contributed by atoms with Crippen LogP contribution in [0.4, 0.5) is 5.95 Å². The molecule has 27 heavy (non-hydrogen) atoms. The van der Waals surface area contributed by atoms with E-state index in [1.807, 2.05) is 28.8 Å². The van der Waals surface area contributed by atoms with Gasteiger partial charge >= 0.3 is 0 Å². The second-order valence-electron chi connectivity index (χ2n) is 6.73. The Morgan fingerprint density at radius 1 is 1.04 bits per heavy atom. The number of sulfonamides is 1. The summed E-state index contributed by atoms with van der Waals surface area (Å²) in [6.45, 7) is 2.19. The number of nitrogens with zero attached hydrogens (tertiary/aromatic N) is 4. The molecule has 3 aromatic rings. The van der Waals surface area contributed by atoms with Crippen LogP contribution in [-0.2, 0) is 16.6 Å². The third kappa shape index (κ3) is 2.53. The molecule has 0 unspecified atom stereocenters. The van der Waals surface area contributed by atoms with E-state index < -0.39 is 10.0 Å². The number of carbonyl (C=O) groups is 1. The van der Waals surface area contributed by atoms with E-state index in [4.69, 9.17) is 0 Å². The lowest BCUT2D eigenvalue weighted by Crippen LogP contribution is -2.32. The molecule has 0 spiro atoms. The molecule has 0 N–H and O–H groups in total. The lowest BCUT2D eigenvalue weighted by Gasteiger charge is -2.17. The molecule has 4 heterocycles. The maximum atomic E-state index is 13.2. The van der Waals surface area contributed by atoms with E-state index >= 15 is 0 Å².